The van der Waals surface area contributed by atoms with Crippen molar-refractivity contribution in [1.29, 1.82) is 0 Å². The molecule has 4 heterocycles. The molecule has 0 radical (unpaired) electrons. The number of thiophene rings is 1. The second-order valence-electron chi connectivity index (χ2n) is 5.78. The number of nitrogens with one attached hydrogen (secondary N) is 2. The Morgan fingerprint density at radius 1 is 1.31 bits per heavy atom. The number of rotatable bonds is 5. The first-order chi connectivity index (χ1) is 12.7. The normalized spacial score (nSPS) is 10.8. The lowest BCUT2D eigenvalue weighted by Crippen LogP contribution is -2.23. The van der Waals surface area contributed by atoms with Crippen LogP contribution in [-0.2, 0) is 13.6 Å². The predicted octanol–water partition coefficient (Wildman–Crippen LogP) is 2.86. The summed E-state index contributed by atoms with van der Waals surface area (Å²) >= 11 is 1.60. The Balaban J connectivity index is 1.38. The summed E-state index contributed by atoms with van der Waals surface area (Å²) in [6.07, 6.45) is 5.43. The average Bonchev–Trinajstić information content (AvgIpc) is 3.40. The van der Waals surface area contributed by atoms with Gasteiger partial charge in [0.15, 0.2) is 5.69 Å². The molecule has 0 spiro atoms. The Kier molecular flexibility index (Phi) is 4.32. The van der Waals surface area contributed by atoms with Gasteiger partial charge in [-0.2, -0.15) is 10.2 Å². The van der Waals surface area contributed by atoms with Crippen molar-refractivity contribution in [3.05, 3.63) is 65.6 Å². The number of carbonyl (C=O) groups is 1. The van der Waals surface area contributed by atoms with E-state index in [9.17, 15) is 4.79 Å². The number of hydrogen-bond donors (Lipinski definition) is 2. The Hall–Kier alpha value is -3.26. The minimum absolute atomic E-state index is 0.222. The van der Waals surface area contributed by atoms with Crippen LogP contribution in [0, 0.1) is 0 Å². The fraction of sp³-hybridized carbons (Fsp3) is 0.111. The van der Waals surface area contributed by atoms with Crippen LogP contribution < -0.4 is 5.32 Å². The van der Waals surface area contributed by atoms with Crippen molar-refractivity contribution >= 4 is 17.2 Å². The van der Waals surface area contributed by atoms with E-state index < -0.39 is 0 Å². The van der Waals surface area contributed by atoms with Crippen LogP contribution in [0.1, 0.15) is 16.1 Å². The molecule has 0 saturated heterocycles. The molecule has 0 aromatic carbocycles. The summed E-state index contributed by atoms with van der Waals surface area (Å²) in [6.45, 7) is 0.389. The van der Waals surface area contributed by atoms with Crippen molar-refractivity contribution in [2.24, 2.45) is 7.05 Å². The van der Waals surface area contributed by atoms with Crippen molar-refractivity contribution in [2.75, 3.05) is 0 Å². The van der Waals surface area contributed by atoms with Gasteiger partial charge in [0.25, 0.3) is 5.91 Å². The maximum absolute atomic E-state index is 12.3. The van der Waals surface area contributed by atoms with Crippen LogP contribution >= 0.6 is 11.3 Å². The molecule has 0 atom stereocenters. The lowest BCUT2D eigenvalue weighted by Gasteiger charge is -2.04. The van der Waals surface area contributed by atoms with Crippen LogP contribution in [0.4, 0.5) is 0 Å². The maximum atomic E-state index is 12.3. The minimum Gasteiger partial charge on any atom is -0.347 e. The zero-order valence-electron chi connectivity index (χ0n) is 14.0. The van der Waals surface area contributed by atoms with Crippen molar-refractivity contribution in [1.82, 2.24) is 30.3 Å². The highest BCUT2D eigenvalue weighted by atomic mass is 32.1. The van der Waals surface area contributed by atoms with E-state index in [4.69, 9.17) is 0 Å². The van der Waals surface area contributed by atoms with Crippen molar-refractivity contribution in [3.8, 4) is 21.8 Å². The van der Waals surface area contributed by atoms with Crippen LogP contribution in [0.3, 0.4) is 0 Å². The number of H-pyrrole nitrogens is 1. The quantitative estimate of drug-likeness (QED) is 0.570. The van der Waals surface area contributed by atoms with Gasteiger partial charge in [0.2, 0.25) is 0 Å². The van der Waals surface area contributed by atoms with E-state index in [0.29, 0.717) is 12.2 Å². The third-order valence-corrected chi connectivity index (χ3v) is 4.78. The molecule has 7 nitrogen and oxygen atoms in total. The summed E-state index contributed by atoms with van der Waals surface area (Å²) in [4.78, 5) is 17.7. The monoisotopic (exact) mass is 364 g/mol. The first-order valence-corrected chi connectivity index (χ1v) is 8.88. The molecule has 0 aliphatic rings. The second-order valence-corrected chi connectivity index (χ2v) is 6.73. The van der Waals surface area contributed by atoms with Crippen molar-refractivity contribution in [3.63, 3.8) is 0 Å². The molecule has 0 bridgehead atoms. The van der Waals surface area contributed by atoms with E-state index in [-0.39, 0.29) is 5.91 Å². The van der Waals surface area contributed by atoms with E-state index in [0.717, 1.165) is 27.4 Å². The molecule has 0 aliphatic carbocycles. The van der Waals surface area contributed by atoms with E-state index in [1.165, 1.54) is 0 Å². The molecule has 4 rings (SSSR count). The Bertz CT molecular complexity index is 1020. The Morgan fingerprint density at radius 3 is 2.92 bits per heavy atom. The molecule has 2 N–H and O–H groups in total. The number of hydrogen-bond acceptors (Lipinski definition) is 5. The van der Waals surface area contributed by atoms with Gasteiger partial charge in [-0.25, -0.2) is 0 Å². The van der Waals surface area contributed by atoms with Gasteiger partial charge in [-0.05, 0) is 29.1 Å². The first-order valence-electron chi connectivity index (χ1n) is 8.00. The first kappa shape index (κ1) is 16.2. The molecule has 0 unspecified atom stereocenters. The van der Waals surface area contributed by atoms with Gasteiger partial charge >= 0.3 is 0 Å². The average molecular weight is 364 g/mol. The Labute approximate surface area is 153 Å². The zero-order valence-corrected chi connectivity index (χ0v) is 14.8. The van der Waals surface area contributed by atoms with E-state index in [2.05, 4.69) is 25.6 Å². The highest BCUT2D eigenvalue weighted by Crippen LogP contribution is 2.23. The molecule has 4 aromatic rings. The lowest BCUT2D eigenvalue weighted by atomic mass is 10.2. The van der Waals surface area contributed by atoms with Gasteiger partial charge in [-0.15, -0.1) is 11.3 Å². The molecule has 26 heavy (non-hydrogen) atoms. The molecule has 0 saturated carbocycles. The van der Waals surface area contributed by atoms with Crippen LogP contribution in [0.25, 0.3) is 21.8 Å². The molecule has 0 fully saturated rings. The number of aromatic nitrogens is 5. The largest absolute Gasteiger partial charge is 0.347 e. The van der Waals surface area contributed by atoms with E-state index >= 15 is 0 Å². The summed E-state index contributed by atoms with van der Waals surface area (Å²) in [5.74, 6) is -0.222. The number of aromatic amines is 1. The molecule has 0 aliphatic heterocycles. The van der Waals surface area contributed by atoms with Crippen LogP contribution in [0.5, 0.6) is 0 Å². The lowest BCUT2D eigenvalue weighted by molar-refractivity contribution is 0.0946. The number of pyridine rings is 1. The fourth-order valence-corrected chi connectivity index (χ4v) is 3.21. The van der Waals surface area contributed by atoms with Gasteiger partial charge < -0.3 is 5.32 Å². The SMILES string of the molecule is Cn1cc(-c2ccc(CNC(=O)c3cc(-c4cccs4)[nH]n3)cn2)cn1. The summed E-state index contributed by atoms with van der Waals surface area (Å²) in [5, 5.41) is 16.0. The molecular weight excluding hydrogens is 348 g/mol. The zero-order chi connectivity index (χ0) is 17.9. The van der Waals surface area contributed by atoms with E-state index in [1.807, 2.05) is 42.9 Å². The highest BCUT2D eigenvalue weighted by molar-refractivity contribution is 7.13. The molecular formula is C18H16N6OS. The van der Waals surface area contributed by atoms with Crippen LogP contribution in [0.15, 0.2) is 54.3 Å². The fourth-order valence-electron chi connectivity index (χ4n) is 2.52. The summed E-state index contributed by atoms with van der Waals surface area (Å²) in [7, 11) is 1.87. The summed E-state index contributed by atoms with van der Waals surface area (Å²) in [6, 6.07) is 9.56. The van der Waals surface area contributed by atoms with Crippen LogP contribution in [-0.4, -0.2) is 30.9 Å². The maximum Gasteiger partial charge on any atom is 0.272 e. The second kappa shape index (κ2) is 6.93. The third-order valence-electron chi connectivity index (χ3n) is 3.88. The van der Waals surface area contributed by atoms with Gasteiger partial charge in [-0.3, -0.25) is 19.6 Å². The summed E-state index contributed by atoms with van der Waals surface area (Å²) in [5.41, 5.74) is 3.93. The van der Waals surface area contributed by atoms with Gasteiger partial charge in [0, 0.05) is 31.5 Å². The number of aryl methyl sites for hydroxylation is 1. The highest BCUT2D eigenvalue weighted by Gasteiger charge is 2.12. The van der Waals surface area contributed by atoms with Crippen molar-refractivity contribution < 1.29 is 4.79 Å². The smallest absolute Gasteiger partial charge is 0.272 e. The Morgan fingerprint density at radius 2 is 2.23 bits per heavy atom. The van der Waals surface area contributed by atoms with E-state index in [1.54, 1.807) is 34.5 Å². The standard InChI is InChI=1S/C18H16N6OS/c1-24-11-13(10-21-24)14-5-4-12(8-19-14)9-20-18(25)16-7-15(22-23-16)17-3-2-6-26-17/h2-8,10-11H,9H2,1H3,(H,20,25)(H,22,23). The van der Waals surface area contributed by atoms with Gasteiger partial charge in [0.05, 0.1) is 22.5 Å². The number of amides is 1. The predicted molar refractivity (Wildman–Crippen MR) is 99.5 cm³/mol. The molecule has 8 heteroatoms. The van der Waals surface area contributed by atoms with Crippen LogP contribution in [0.2, 0.25) is 0 Å². The van der Waals surface area contributed by atoms with Gasteiger partial charge in [0.1, 0.15) is 0 Å². The van der Waals surface area contributed by atoms with Crippen molar-refractivity contribution in [2.45, 2.75) is 6.54 Å². The number of nitrogens with zero attached hydrogens (tertiary/aromatic N) is 4. The minimum atomic E-state index is -0.222. The summed E-state index contributed by atoms with van der Waals surface area (Å²) < 4.78 is 1.74. The molecule has 130 valence electrons. The number of carbonyl (C=O) groups excluding carboxylic acids is 1. The molecule has 1 amide bonds. The van der Waals surface area contributed by atoms with Gasteiger partial charge in [-0.1, -0.05) is 12.1 Å². The molecule has 4 aromatic heterocycles. The topological polar surface area (TPSA) is 88.5 Å². The third kappa shape index (κ3) is 3.40.